The Kier molecular flexibility index (Phi) is 7.05. The van der Waals surface area contributed by atoms with Gasteiger partial charge < -0.3 is 0 Å². The summed E-state index contributed by atoms with van der Waals surface area (Å²) >= 11 is 3.42. The molecule has 0 aromatic rings. The Morgan fingerprint density at radius 1 is 1.20 bits per heavy atom. The molecule has 3 heteroatoms. The maximum Gasteiger partial charge on any atom is 0.122 e. The van der Waals surface area contributed by atoms with Crippen molar-refractivity contribution in [2.75, 3.05) is 5.75 Å². The largest absolute Gasteiger partial charge is 0.298 e. The van der Waals surface area contributed by atoms with Gasteiger partial charge in [0.2, 0.25) is 0 Å². The molecule has 0 aromatic heterocycles. The first-order chi connectivity index (χ1) is 6.89. The molecule has 0 rings (SSSR count). The molecule has 0 aliphatic heterocycles. The summed E-state index contributed by atoms with van der Waals surface area (Å²) in [6, 6.07) is 0. The van der Waals surface area contributed by atoms with Gasteiger partial charge in [-0.25, -0.2) is 0 Å². The van der Waals surface area contributed by atoms with Crippen molar-refractivity contribution in [1.82, 2.24) is 0 Å². The van der Waals surface area contributed by atoms with Crippen molar-refractivity contribution in [3.8, 4) is 0 Å². The number of hydrogen-bond acceptors (Lipinski definition) is 3. The van der Waals surface area contributed by atoms with Crippen LogP contribution in [0.3, 0.4) is 0 Å². The molecular weight excluding hydrogens is 224 g/mol. The van der Waals surface area contributed by atoms with Gasteiger partial charge in [-0.15, -0.1) is 11.8 Å². The third kappa shape index (κ3) is 6.54. The van der Waals surface area contributed by atoms with Crippen LogP contribution in [-0.2, 0) is 4.18 Å². The molecule has 0 saturated carbocycles. The first-order valence-corrected chi connectivity index (χ1v) is 7.26. The smallest absolute Gasteiger partial charge is 0.122 e. The van der Waals surface area contributed by atoms with E-state index in [9.17, 15) is 0 Å². The van der Waals surface area contributed by atoms with Crippen molar-refractivity contribution in [3.05, 3.63) is 12.2 Å². The van der Waals surface area contributed by atoms with E-state index in [4.69, 9.17) is 4.18 Å². The first kappa shape index (κ1) is 15.4. The molecule has 1 unspecified atom stereocenters. The van der Waals surface area contributed by atoms with Crippen molar-refractivity contribution < 1.29 is 4.18 Å². The van der Waals surface area contributed by atoms with Crippen LogP contribution in [0, 0.1) is 0 Å². The van der Waals surface area contributed by atoms with Gasteiger partial charge in [0.15, 0.2) is 0 Å². The van der Waals surface area contributed by atoms with E-state index in [1.54, 1.807) is 12.0 Å². The number of allylic oxidation sites excluding steroid dienone is 1. The molecule has 1 atom stereocenters. The van der Waals surface area contributed by atoms with E-state index in [0.717, 1.165) is 12.2 Å². The standard InChI is InChI=1S/C12H24OS2/c1-7-10-12(6,8-2)15-13-11(4,5)14-9-3/h7,10H,8-9H2,1-6H3. The second-order valence-corrected chi connectivity index (χ2v) is 7.28. The molecule has 0 spiro atoms. The predicted octanol–water partition coefficient (Wildman–Crippen LogP) is 4.89. The lowest BCUT2D eigenvalue weighted by Crippen LogP contribution is -2.23. The van der Waals surface area contributed by atoms with E-state index in [2.05, 4.69) is 53.7 Å². The highest BCUT2D eigenvalue weighted by Gasteiger charge is 2.26. The molecule has 15 heavy (non-hydrogen) atoms. The number of rotatable bonds is 7. The van der Waals surface area contributed by atoms with Crippen molar-refractivity contribution in [2.24, 2.45) is 0 Å². The second-order valence-electron chi connectivity index (χ2n) is 4.17. The summed E-state index contributed by atoms with van der Waals surface area (Å²) in [4.78, 5) is -0.0998. The summed E-state index contributed by atoms with van der Waals surface area (Å²) in [5.41, 5.74) is 0. The average molecular weight is 248 g/mol. The summed E-state index contributed by atoms with van der Waals surface area (Å²) in [7, 11) is 0. The van der Waals surface area contributed by atoms with Gasteiger partial charge in [-0.3, -0.25) is 4.18 Å². The van der Waals surface area contributed by atoms with Crippen LogP contribution in [-0.4, -0.2) is 15.4 Å². The highest BCUT2D eigenvalue weighted by atomic mass is 32.2. The Labute approximate surface area is 104 Å². The van der Waals surface area contributed by atoms with Crippen molar-refractivity contribution >= 4 is 23.8 Å². The van der Waals surface area contributed by atoms with Crippen LogP contribution in [0.1, 0.15) is 48.0 Å². The van der Waals surface area contributed by atoms with Crippen LogP contribution in [0.15, 0.2) is 12.2 Å². The highest BCUT2D eigenvalue weighted by Crippen LogP contribution is 2.38. The molecular formula is C12H24OS2. The Hall–Kier alpha value is 0.400. The fraction of sp³-hybridized carbons (Fsp3) is 0.833. The minimum absolute atomic E-state index is 0.0975. The van der Waals surface area contributed by atoms with E-state index in [-0.39, 0.29) is 9.68 Å². The lowest BCUT2D eigenvalue weighted by Gasteiger charge is -2.29. The molecule has 0 fully saturated rings. The zero-order chi connectivity index (χ0) is 11.9. The zero-order valence-electron chi connectivity index (χ0n) is 10.8. The maximum absolute atomic E-state index is 5.91. The summed E-state index contributed by atoms with van der Waals surface area (Å²) in [5.74, 6) is 1.08. The summed E-state index contributed by atoms with van der Waals surface area (Å²) in [6.45, 7) is 12.9. The summed E-state index contributed by atoms with van der Waals surface area (Å²) < 4.78 is 6.00. The monoisotopic (exact) mass is 248 g/mol. The SMILES string of the molecule is CC=CC(C)(CC)SOC(C)(C)SCC. The fourth-order valence-electron chi connectivity index (χ4n) is 1.12. The van der Waals surface area contributed by atoms with E-state index >= 15 is 0 Å². The van der Waals surface area contributed by atoms with Crippen molar-refractivity contribution in [3.63, 3.8) is 0 Å². The summed E-state index contributed by atoms with van der Waals surface area (Å²) in [6.07, 6.45) is 5.39. The van der Waals surface area contributed by atoms with E-state index in [1.165, 1.54) is 0 Å². The van der Waals surface area contributed by atoms with Crippen LogP contribution < -0.4 is 0 Å². The molecule has 0 aliphatic rings. The molecule has 0 bridgehead atoms. The van der Waals surface area contributed by atoms with Crippen LogP contribution >= 0.6 is 23.8 Å². The van der Waals surface area contributed by atoms with Crippen LogP contribution in [0.2, 0.25) is 0 Å². The van der Waals surface area contributed by atoms with Gasteiger partial charge in [-0.2, -0.15) is 0 Å². The van der Waals surface area contributed by atoms with Gasteiger partial charge in [0.1, 0.15) is 4.93 Å². The molecule has 90 valence electrons. The van der Waals surface area contributed by atoms with Gasteiger partial charge in [-0.1, -0.05) is 26.0 Å². The van der Waals surface area contributed by atoms with E-state index in [1.807, 2.05) is 11.8 Å². The quantitative estimate of drug-likeness (QED) is 0.361. The van der Waals surface area contributed by atoms with Crippen molar-refractivity contribution in [1.29, 1.82) is 0 Å². The van der Waals surface area contributed by atoms with Crippen molar-refractivity contribution in [2.45, 2.75) is 57.6 Å². The highest BCUT2D eigenvalue weighted by molar-refractivity contribution is 8.01. The van der Waals surface area contributed by atoms with Crippen LogP contribution in [0.25, 0.3) is 0 Å². The molecule has 0 saturated heterocycles. The molecule has 1 nitrogen and oxygen atoms in total. The van der Waals surface area contributed by atoms with E-state index in [0.29, 0.717) is 0 Å². The predicted molar refractivity (Wildman–Crippen MR) is 74.4 cm³/mol. The third-order valence-electron chi connectivity index (χ3n) is 2.15. The number of thioether (sulfide) groups is 1. The maximum atomic E-state index is 5.91. The average Bonchev–Trinajstić information content (AvgIpc) is 2.16. The van der Waals surface area contributed by atoms with Gasteiger partial charge in [0, 0.05) is 12.0 Å². The molecule has 0 heterocycles. The molecule has 0 radical (unpaired) electrons. The number of hydrogen-bond donors (Lipinski definition) is 0. The first-order valence-electron chi connectivity index (χ1n) is 5.53. The van der Waals surface area contributed by atoms with Crippen LogP contribution in [0.5, 0.6) is 0 Å². The lowest BCUT2D eigenvalue weighted by atomic mass is 10.1. The van der Waals surface area contributed by atoms with E-state index < -0.39 is 0 Å². The van der Waals surface area contributed by atoms with Crippen LogP contribution in [0.4, 0.5) is 0 Å². The van der Waals surface area contributed by atoms with Gasteiger partial charge in [0.25, 0.3) is 0 Å². The van der Waals surface area contributed by atoms with Gasteiger partial charge in [-0.05, 0) is 39.9 Å². The topological polar surface area (TPSA) is 9.23 Å². The Bertz CT molecular complexity index is 202. The second kappa shape index (κ2) is 6.87. The fourth-order valence-corrected chi connectivity index (χ4v) is 2.81. The van der Waals surface area contributed by atoms with Gasteiger partial charge >= 0.3 is 0 Å². The Morgan fingerprint density at radius 2 is 1.80 bits per heavy atom. The molecule has 0 aromatic carbocycles. The molecule has 0 aliphatic carbocycles. The molecule has 0 amide bonds. The Balaban J connectivity index is 4.22. The Morgan fingerprint density at radius 3 is 2.20 bits per heavy atom. The zero-order valence-corrected chi connectivity index (χ0v) is 12.4. The lowest BCUT2D eigenvalue weighted by molar-refractivity contribution is 0.245. The molecule has 0 N–H and O–H groups in total. The minimum atomic E-state index is -0.0998. The minimum Gasteiger partial charge on any atom is -0.298 e. The normalized spacial score (nSPS) is 16.9. The van der Waals surface area contributed by atoms with Gasteiger partial charge in [0.05, 0.1) is 4.75 Å². The summed E-state index contributed by atoms with van der Waals surface area (Å²) in [5, 5.41) is 0. The third-order valence-corrected chi connectivity index (χ3v) is 4.62.